The fourth-order valence-corrected chi connectivity index (χ4v) is 3.20. The molecule has 0 aliphatic rings. The molecule has 0 N–H and O–H groups in total. The minimum atomic E-state index is -2.16. The molecule has 0 unspecified atom stereocenters. The van der Waals surface area contributed by atoms with Crippen LogP contribution in [0.15, 0.2) is 60.8 Å². The van der Waals surface area contributed by atoms with Crippen LogP contribution >= 0.6 is 0 Å². The molecule has 4 aromatic rings. The molecule has 1 aromatic heterocycles. The Hall–Kier alpha value is -3.15. The Morgan fingerprint density at radius 3 is 2.00 bits per heavy atom. The monoisotopic (exact) mass is 373 g/mol. The largest absolute Gasteiger partial charge is 0.343 e. The summed E-state index contributed by atoms with van der Waals surface area (Å²) < 4.78 is 69.8. The molecule has 3 aromatic carbocycles. The third kappa shape index (κ3) is 2.77. The van der Waals surface area contributed by atoms with Gasteiger partial charge in [-0.3, -0.25) is 0 Å². The number of halogens is 5. The average molecular weight is 373 g/mol. The van der Waals surface area contributed by atoms with Crippen molar-refractivity contribution in [3.63, 3.8) is 0 Å². The Morgan fingerprint density at radius 2 is 1.26 bits per heavy atom. The lowest BCUT2D eigenvalue weighted by Gasteiger charge is -2.14. The van der Waals surface area contributed by atoms with Gasteiger partial charge in [0.25, 0.3) is 0 Å². The lowest BCUT2D eigenvalue weighted by Crippen LogP contribution is -2.11. The first kappa shape index (κ1) is 17.3. The number of fused-ring (bicyclic) bond motifs is 1. The second-order valence-corrected chi connectivity index (χ2v) is 6.10. The number of aromatic nitrogens is 1. The summed E-state index contributed by atoms with van der Waals surface area (Å²) in [7, 11) is 0. The summed E-state index contributed by atoms with van der Waals surface area (Å²) in [6.45, 7) is -0.489. The van der Waals surface area contributed by atoms with Crippen molar-refractivity contribution in [3.8, 4) is 11.3 Å². The molecular formula is C21H12F5N. The van der Waals surface area contributed by atoms with Crippen molar-refractivity contribution in [2.75, 3.05) is 0 Å². The first-order valence-corrected chi connectivity index (χ1v) is 8.12. The van der Waals surface area contributed by atoms with E-state index in [0.29, 0.717) is 5.69 Å². The standard InChI is InChI=1S/C21H12F5N/c22-17-15(18(23)20(25)21(26)19(17)24)11-27-10-4-9-16(27)14-8-3-6-12-5-1-2-7-13(12)14/h1-10H,11H2. The van der Waals surface area contributed by atoms with E-state index in [1.807, 2.05) is 42.5 Å². The molecule has 0 amide bonds. The van der Waals surface area contributed by atoms with Gasteiger partial charge in [-0.25, -0.2) is 22.0 Å². The predicted octanol–water partition coefficient (Wildman–Crippen LogP) is 6.05. The zero-order valence-corrected chi connectivity index (χ0v) is 13.8. The van der Waals surface area contributed by atoms with Crippen molar-refractivity contribution in [2.24, 2.45) is 0 Å². The summed E-state index contributed by atoms with van der Waals surface area (Å²) in [5.41, 5.74) is 0.529. The Kier molecular flexibility index (Phi) is 4.18. The van der Waals surface area contributed by atoms with Gasteiger partial charge >= 0.3 is 0 Å². The predicted molar refractivity (Wildman–Crippen MR) is 92.7 cm³/mol. The van der Waals surface area contributed by atoms with Gasteiger partial charge in [-0.05, 0) is 22.9 Å². The average Bonchev–Trinajstić information content (AvgIpc) is 3.16. The maximum absolute atomic E-state index is 14.0. The first-order valence-electron chi connectivity index (χ1n) is 8.12. The van der Waals surface area contributed by atoms with Crippen LogP contribution in [0, 0.1) is 29.1 Å². The van der Waals surface area contributed by atoms with E-state index in [4.69, 9.17) is 0 Å². The molecule has 1 nitrogen and oxygen atoms in total. The van der Waals surface area contributed by atoms with Crippen LogP contribution in [0.5, 0.6) is 0 Å². The molecule has 6 heteroatoms. The quantitative estimate of drug-likeness (QED) is 0.234. The van der Waals surface area contributed by atoms with Crippen LogP contribution in [0.1, 0.15) is 5.56 Å². The van der Waals surface area contributed by atoms with E-state index in [9.17, 15) is 22.0 Å². The van der Waals surface area contributed by atoms with E-state index < -0.39 is 41.2 Å². The highest BCUT2D eigenvalue weighted by molar-refractivity contribution is 5.95. The number of nitrogens with zero attached hydrogens (tertiary/aromatic N) is 1. The van der Waals surface area contributed by atoms with Gasteiger partial charge in [0.2, 0.25) is 5.82 Å². The Labute approximate surface area is 151 Å². The molecule has 0 aliphatic carbocycles. The molecule has 0 spiro atoms. The molecule has 1 heterocycles. The Morgan fingerprint density at radius 1 is 0.630 bits per heavy atom. The molecular weight excluding hydrogens is 361 g/mol. The lowest BCUT2D eigenvalue weighted by atomic mass is 10.0. The van der Waals surface area contributed by atoms with Crippen LogP contribution in [-0.2, 0) is 6.54 Å². The number of benzene rings is 3. The molecule has 0 saturated carbocycles. The minimum Gasteiger partial charge on any atom is -0.343 e. The summed E-state index contributed by atoms with van der Waals surface area (Å²) >= 11 is 0. The summed E-state index contributed by atoms with van der Waals surface area (Å²) in [5.74, 6) is -9.67. The van der Waals surface area contributed by atoms with Crippen molar-refractivity contribution >= 4 is 10.8 Å². The Bertz CT molecular complexity index is 1130. The molecule has 0 radical (unpaired) electrons. The van der Waals surface area contributed by atoms with Gasteiger partial charge in [0.1, 0.15) is 0 Å². The van der Waals surface area contributed by atoms with Crippen LogP contribution < -0.4 is 0 Å². The van der Waals surface area contributed by atoms with Crippen molar-refractivity contribution in [2.45, 2.75) is 6.54 Å². The molecule has 0 atom stereocenters. The van der Waals surface area contributed by atoms with Crippen LogP contribution in [0.4, 0.5) is 22.0 Å². The van der Waals surface area contributed by atoms with Gasteiger partial charge in [0.15, 0.2) is 23.3 Å². The van der Waals surface area contributed by atoms with E-state index in [0.717, 1.165) is 16.3 Å². The lowest BCUT2D eigenvalue weighted by molar-refractivity contribution is 0.368. The third-order valence-electron chi connectivity index (χ3n) is 4.52. The number of rotatable bonds is 3. The molecule has 27 heavy (non-hydrogen) atoms. The summed E-state index contributed by atoms with van der Waals surface area (Å²) in [4.78, 5) is 0. The zero-order valence-electron chi connectivity index (χ0n) is 13.8. The molecule has 0 saturated heterocycles. The van der Waals surface area contributed by atoms with Gasteiger partial charge in [-0.15, -0.1) is 0 Å². The van der Waals surface area contributed by atoms with Gasteiger partial charge in [-0.1, -0.05) is 42.5 Å². The third-order valence-corrected chi connectivity index (χ3v) is 4.52. The second kappa shape index (κ2) is 6.54. The highest BCUT2D eigenvalue weighted by atomic mass is 19.2. The molecule has 4 rings (SSSR count). The van der Waals surface area contributed by atoms with Crippen LogP contribution in [0.3, 0.4) is 0 Å². The van der Waals surface area contributed by atoms with Crippen LogP contribution in [0.2, 0.25) is 0 Å². The van der Waals surface area contributed by atoms with Gasteiger partial charge in [0.05, 0.1) is 6.54 Å². The SMILES string of the molecule is Fc1c(F)c(F)c(Cn2cccc2-c2cccc3ccccc23)c(F)c1F. The second-order valence-electron chi connectivity index (χ2n) is 6.10. The summed E-state index contributed by atoms with van der Waals surface area (Å²) in [6.07, 6.45) is 1.54. The maximum atomic E-state index is 14.0. The molecule has 136 valence electrons. The topological polar surface area (TPSA) is 4.93 Å². The van der Waals surface area contributed by atoms with Crippen molar-refractivity contribution in [1.82, 2.24) is 4.57 Å². The van der Waals surface area contributed by atoms with Gasteiger partial charge in [0, 0.05) is 23.0 Å². The normalized spacial score (nSPS) is 11.3. The van der Waals surface area contributed by atoms with E-state index >= 15 is 0 Å². The van der Waals surface area contributed by atoms with E-state index in [-0.39, 0.29) is 0 Å². The van der Waals surface area contributed by atoms with Crippen molar-refractivity contribution in [1.29, 1.82) is 0 Å². The molecule has 0 bridgehead atoms. The van der Waals surface area contributed by atoms with Gasteiger partial charge in [-0.2, -0.15) is 0 Å². The Balaban J connectivity index is 1.85. The van der Waals surface area contributed by atoms with Crippen molar-refractivity contribution in [3.05, 3.63) is 95.4 Å². The minimum absolute atomic E-state index is 0.489. The van der Waals surface area contributed by atoms with Crippen LogP contribution in [0.25, 0.3) is 22.0 Å². The zero-order chi connectivity index (χ0) is 19.1. The number of hydrogen-bond acceptors (Lipinski definition) is 0. The van der Waals surface area contributed by atoms with Crippen LogP contribution in [-0.4, -0.2) is 4.57 Å². The highest BCUT2D eigenvalue weighted by Gasteiger charge is 2.26. The fraction of sp³-hybridized carbons (Fsp3) is 0.0476. The fourth-order valence-electron chi connectivity index (χ4n) is 3.20. The number of hydrogen-bond donors (Lipinski definition) is 0. The first-order chi connectivity index (χ1) is 13.0. The highest BCUT2D eigenvalue weighted by Crippen LogP contribution is 2.31. The molecule has 0 aliphatic heterocycles. The van der Waals surface area contributed by atoms with E-state index in [1.165, 1.54) is 10.8 Å². The smallest absolute Gasteiger partial charge is 0.200 e. The molecule has 0 fully saturated rings. The maximum Gasteiger partial charge on any atom is 0.200 e. The van der Waals surface area contributed by atoms with Gasteiger partial charge < -0.3 is 4.57 Å². The van der Waals surface area contributed by atoms with Crippen molar-refractivity contribution < 1.29 is 22.0 Å². The van der Waals surface area contributed by atoms with E-state index in [1.54, 1.807) is 12.1 Å². The summed E-state index contributed by atoms with van der Waals surface area (Å²) in [6, 6.07) is 16.6. The van der Waals surface area contributed by atoms with E-state index in [2.05, 4.69) is 0 Å². The summed E-state index contributed by atoms with van der Waals surface area (Å²) in [5, 5.41) is 1.89.